The highest BCUT2D eigenvalue weighted by Crippen LogP contribution is 2.29. The zero-order chi connectivity index (χ0) is 17.1. The number of amides is 1. The van der Waals surface area contributed by atoms with Gasteiger partial charge in [-0.3, -0.25) is 4.79 Å². The molecule has 0 bridgehead atoms. The van der Waals surface area contributed by atoms with Gasteiger partial charge in [-0.1, -0.05) is 19.1 Å². The summed E-state index contributed by atoms with van der Waals surface area (Å²) in [4.78, 5) is 21.1. The summed E-state index contributed by atoms with van der Waals surface area (Å²) in [6.07, 6.45) is 0.319. The number of nitrogens with one attached hydrogen (secondary N) is 1. The van der Waals surface area contributed by atoms with Crippen molar-refractivity contribution in [2.24, 2.45) is 0 Å². The van der Waals surface area contributed by atoms with Gasteiger partial charge in [-0.15, -0.1) is 0 Å². The van der Waals surface area contributed by atoms with E-state index >= 15 is 0 Å². The van der Waals surface area contributed by atoms with E-state index in [2.05, 4.69) is 21.4 Å². The van der Waals surface area contributed by atoms with Crippen LogP contribution in [0.3, 0.4) is 0 Å². The monoisotopic (exact) mass is 323 g/mol. The summed E-state index contributed by atoms with van der Waals surface area (Å²) < 4.78 is 6.93. The summed E-state index contributed by atoms with van der Waals surface area (Å²) in [6, 6.07) is 9.62. The molecule has 0 saturated heterocycles. The topological polar surface area (TPSA) is 92.8 Å². The van der Waals surface area contributed by atoms with Gasteiger partial charge in [-0.2, -0.15) is 5.26 Å². The number of nitriles is 1. The lowest BCUT2D eigenvalue weighted by Crippen LogP contribution is -2.16. The molecule has 0 aliphatic heterocycles. The first-order chi connectivity index (χ1) is 11.7. The minimum atomic E-state index is -0.169. The molecule has 2 aromatic heterocycles. The summed E-state index contributed by atoms with van der Waals surface area (Å²) >= 11 is 0. The van der Waals surface area contributed by atoms with Crippen LogP contribution in [0.5, 0.6) is 0 Å². The Bertz CT molecular complexity index is 955. The van der Waals surface area contributed by atoms with E-state index in [-0.39, 0.29) is 5.91 Å². The summed E-state index contributed by atoms with van der Waals surface area (Å²) in [7, 11) is 1.60. The van der Waals surface area contributed by atoms with E-state index in [1.807, 2.05) is 24.3 Å². The molecule has 0 aliphatic carbocycles. The molecule has 3 aromatic rings. The lowest BCUT2D eigenvalue weighted by Gasteiger charge is -2.10. The Balaban J connectivity index is 2.31. The van der Waals surface area contributed by atoms with Gasteiger partial charge in [0.2, 0.25) is 5.91 Å². The van der Waals surface area contributed by atoms with Gasteiger partial charge >= 0.3 is 0 Å². The number of rotatable bonds is 5. The highest BCUT2D eigenvalue weighted by molar-refractivity contribution is 5.98. The van der Waals surface area contributed by atoms with Gasteiger partial charge in [0.05, 0.1) is 17.6 Å². The second-order valence-electron chi connectivity index (χ2n) is 5.27. The van der Waals surface area contributed by atoms with Crippen LogP contribution in [0, 0.1) is 11.3 Å². The SMILES string of the molecule is CCC(=O)Nc1c(C#N)c2nc3ccccc3nc2n1CCOC. The predicted molar refractivity (Wildman–Crippen MR) is 90.5 cm³/mol. The smallest absolute Gasteiger partial charge is 0.225 e. The predicted octanol–water partition coefficient (Wildman–Crippen LogP) is 2.45. The van der Waals surface area contributed by atoms with E-state index in [1.54, 1.807) is 18.6 Å². The fraction of sp³-hybridized carbons (Fsp3) is 0.294. The minimum Gasteiger partial charge on any atom is -0.383 e. The number of fused-ring (bicyclic) bond motifs is 2. The van der Waals surface area contributed by atoms with Crippen molar-refractivity contribution in [1.82, 2.24) is 14.5 Å². The number of aromatic nitrogens is 3. The molecule has 7 heteroatoms. The van der Waals surface area contributed by atoms with Crippen molar-refractivity contribution in [2.75, 3.05) is 19.0 Å². The van der Waals surface area contributed by atoms with Crippen molar-refractivity contribution < 1.29 is 9.53 Å². The number of ether oxygens (including phenoxy) is 1. The maximum Gasteiger partial charge on any atom is 0.225 e. The molecule has 0 aliphatic rings. The molecule has 0 atom stereocenters. The summed E-state index contributed by atoms with van der Waals surface area (Å²) in [5, 5.41) is 12.4. The van der Waals surface area contributed by atoms with Crippen LogP contribution >= 0.6 is 0 Å². The first kappa shape index (κ1) is 15.9. The lowest BCUT2D eigenvalue weighted by atomic mass is 10.2. The maximum absolute atomic E-state index is 11.9. The Hall–Kier alpha value is -2.98. The third-order valence-electron chi connectivity index (χ3n) is 3.76. The van der Waals surface area contributed by atoms with Crippen molar-refractivity contribution in [3.05, 3.63) is 29.8 Å². The molecular formula is C17H17N5O2. The van der Waals surface area contributed by atoms with Gasteiger partial charge in [0.15, 0.2) is 5.65 Å². The van der Waals surface area contributed by atoms with Crippen molar-refractivity contribution >= 4 is 33.9 Å². The molecular weight excluding hydrogens is 306 g/mol. The van der Waals surface area contributed by atoms with Gasteiger partial charge in [-0.05, 0) is 12.1 Å². The molecule has 24 heavy (non-hydrogen) atoms. The normalized spacial score (nSPS) is 10.9. The van der Waals surface area contributed by atoms with E-state index in [1.165, 1.54) is 0 Å². The number of para-hydroxylation sites is 2. The van der Waals surface area contributed by atoms with Crippen molar-refractivity contribution in [3.8, 4) is 6.07 Å². The number of hydrogen-bond donors (Lipinski definition) is 1. The van der Waals surface area contributed by atoms with E-state index in [9.17, 15) is 10.1 Å². The van der Waals surface area contributed by atoms with Crippen molar-refractivity contribution in [3.63, 3.8) is 0 Å². The van der Waals surface area contributed by atoms with Crippen LogP contribution < -0.4 is 5.32 Å². The third kappa shape index (κ3) is 2.68. The van der Waals surface area contributed by atoms with Crippen LogP contribution in [0.15, 0.2) is 24.3 Å². The molecule has 7 nitrogen and oxygen atoms in total. The molecule has 3 rings (SSSR count). The molecule has 1 N–H and O–H groups in total. The highest BCUT2D eigenvalue weighted by Gasteiger charge is 2.21. The summed E-state index contributed by atoms with van der Waals surface area (Å²) in [5.41, 5.74) is 2.81. The largest absolute Gasteiger partial charge is 0.383 e. The van der Waals surface area contributed by atoms with Gasteiger partial charge < -0.3 is 14.6 Å². The van der Waals surface area contributed by atoms with Crippen LogP contribution in [0.25, 0.3) is 22.2 Å². The fourth-order valence-corrected chi connectivity index (χ4v) is 2.56. The Labute approximate surface area is 138 Å². The number of carbonyl (C=O) groups excluding carboxylic acids is 1. The Morgan fingerprint density at radius 3 is 2.67 bits per heavy atom. The molecule has 2 heterocycles. The maximum atomic E-state index is 11.9. The Morgan fingerprint density at radius 2 is 2.04 bits per heavy atom. The molecule has 0 fully saturated rings. The fourth-order valence-electron chi connectivity index (χ4n) is 2.56. The average Bonchev–Trinajstić information content (AvgIpc) is 2.89. The first-order valence-electron chi connectivity index (χ1n) is 7.67. The van der Waals surface area contributed by atoms with Crippen LogP contribution in [0.1, 0.15) is 18.9 Å². The molecule has 0 radical (unpaired) electrons. The second kappa shape index (κ2) is 6.64. The average molecular weight is 323 g/mol. The van der Waals surface area contributed by atoms with Crippen LogP contribution in [-0.4, -0.2) is 34.2 Å². The third-order valence-corrected chi connectivity index (χ3v) is 3.76. The van der Waals surface area contributed by atoms with Crippen molar-refractivity contribution in [1.29, 1.82) is 5.26 Å². The molecule has 1 aromatic carbocycles. The van der Waals surface area contributed by atoms with Crippen molar-refractivity contribution in [2.45, 2.75) is 19.9 Å². The Morgan fingerprint density at radius 1 is 1.33 bits per heavy atom. The van der Waals surface area contributed by atoms with Crippen LogP contribution in [-0.2, 0) is 16.1 Å². The second-order valence-corrected chi connectivity index (χ2v) is 5.27. The first-order valence-corrected chi connectivity index (χ1v) is 7.67. The molecule has 0 unspecified atom stereocenters. The van der Waals surface area contributed by atoms with Gasteiger partial charge in [0, 0.05) is 20.1 Å². The number of benzene rings is 1. The zero-order valence-electron chi connectivity index (χ0n) is 13.5. The number of nitrogens with zero attached hydrogens (tertiary/aromatic N) is 4. The molecule has 122 valence electrons. The lowest BCUT2D eigenvalue weighted by molar-refractivity contribution is -0.115. The van der Waals surface area contributed by atoms with Crippen LogP contribution in [0.2, 0.25) is 0 Å². The van der Waals surface area contributed by atoms with Gasteiger partial charge in [0.1, 0.15) is 23.0 Å². The molecule has 0 spiro atoms. The van der Waals surface area contributed by atoms with Gasteiger partial charge in [0.25, 0.3) is 0 Å². The summed E-state index contributed by atoms with van der Waals surface area (Å²) in [5.74, 6) is 0.254. The van der Waals surface area contributed by atoms with E-state index in [0.717, 1.165) is 5.52 Å². The highest BCUT2D eigenvalue weighted by atomic mass is 16.5. The minimum absolute atomic E-state index is 0.169. The standard InChI is InChI=1S/C17H17N5O2/c1-3-14(23)21-16-11(10-18)15-17(22(16)8-9-24-2)20-13-7-5-4-6-12(13)19-15/h4-7H,3,8-9H2,1-2H3,(H,21,23). The van der Waals surface area contributed by atoms with Crippen LogP contribution in [0.4, 0.5) is 5.82 Å². The number of anilines is 1. The van der Waals surface area contributed by atoms with E-state index in [0.29, 0.717) is 47.6 Å². The zero-order valence-corrected chi connectivity index (χ0v) is 13.5. The Kier molecular flexibility index (Phi) is 4.40. The quantitative estimate of drug-likeness (QED) is 0.778. The number of hydrogen-bond acceptors (Lipinski definition) is 5. The van der Waals surface area contributed by atoms with E-state index < -0.39 is 0 Å². The number of methoxy groups -OCH3 is 1. The summed E-state index contributed by atoms with van der Waals surface area (Å²) in [6.45, 7) is 2.65. The van der Waals surface area contributed by atoms with E-state index in [4.69, 9.17) is 4.74 Å². The number of carbonyl (C=O) groups is 1. The van der Waals surface area contributed by atoms with Gasteiger partial charge in [-0.25, -0.2) is 9.97 Å². The molecule has 1 amide bonds. The molecule has 0 saturated carbocycles.